The summed E-state index contributed by atoms with van der Waals surface area (Å²) in [6, 6.07) is 5.65. The second-order valence-electron chi connectivity index (χ2n) is 5.72. The molecule has 4 rings (SSSR count). The smallest absolute Gasteiger partial charge is 0.253 e. The largest absolute Gasteiger partial charge is 0.358 e. The number of likely N-dealkylation sites (tertiary alicyclic amines) is 1. The van der Waals surface area contributed by atoms with Gasteiger partial charge in [0.1, 0.15) is 6.04 Å². The number of nitrogens with zero attached hydrogens (tertiary/aromatic N) is 2. The van der Waals surface area contributed by atoms with E-state index in [1.807, 2.05) is 23.1 Å². The number of benzene rings is 1. The van der Waals surface area contributed by atoms with Crippen molar-refractivity contribution in [3.8, 4) is 0 Å². The van der Waals surface area contributed by atoms with Crippen molar-refractivity contribution in [2.75, 3.05) is 29.9 Å². The molecule has 3 heterocycles. The summed E-state index contributed by atoms with van der Waals surface area (Å²) in [5.41, 5.74) is 2.49. The van der Waals surface area contributed by atoms with E-state index >= 15 is 0 Å². The van der Waals surface area contributed by atoms with E-state index in [0.29, 0.717) is 5.56 Å². The average Bonchev–Trinajstić information content (AvgIpc) is 2.86. The Bertz CT molecular complexity index is 595. The molecule has 1 aromatic rings. The van der Waals surface area contributed by atoms with Crippen molar-refractivity contribution in [3.05, 3.63) is 23.8 Å². The minimum absolute atomic E-state index is 0.0283. The van der Waals surface area contributed by atoms with Crippen LogP contribution in [-0.4, -0.2) is 42.4 Å². The van der Waals surface area contributed by atoms with Gasteiger partial charge in [-0.25, -0.2) is 0 Å². The fourth-order valence-corrected chi connectivity index (χ4v) is 3.27. The Kier molecular flexibility index (Phi) is 2.49. The number of hydrogen-bond donors (Lipinski definition) is 1. The van der Waals surface area contributed by atoms with Gasteiger partial charge in [-0.05, 0) is 37.5 Å². The molecule has 0 bridgehead atoms. The van der Waals surface area contributed by atoms with E-state index in [0.717, 1.165) is 50.3 Å². The average molecular weight is 271 g/mol. The van der Waals surface area contributed by atoms with Crippen LogP contribution in [0.4, 0.5) is 11.4 Å². The van der Waals surface area contributed by atoms with Gasteiger partial charge in [-0.15, -0.1) is 0 Å². The fraction of sp³-hybridized carbons (Fsp3) is 0.467. The number of carbonyl (C=O) groups excluding carboxylic acids is 2. The summed E-state index contributed by atoms with van der Waals surface area (Å²) in [5.74, 6) is 0.125. The summed E-state index contributed by atoms with van der Waals surface area (Å²) in [7, 11) is 0. The molecule has 1 aromatic carbocycles. The van der Waals surface area contributed by atoms with E-state index in [1.54, 1.807) is 0 Å². The van der Waals surface area contributed by atoms with Gasteiger partial charge in [-0.2, -0.15) is 0 Å². The molecule has 0 radical (unpaired) electrons. The molecule has 2 amide bonds. The van der Waals surface area contributed by atoms with Gasteiger partial charge < -0.3 is 15.1 Å². The van der Waals surface area contributed by atoms with E-state index < -0.39 is 0 Å². The Morgan fingerprint density at radius 2 is 2.05 bits per heavy atom. The van der Waals surface area contributed by atoms with Crippen LogP contribution in [0, 0.1) is 0 Å². The minimum atomic E-state index is -0.0283. The molecule has 5 heteroatoms. The van der Waals surface area contributed by atoms with Crippen molar-refractivity contribution in [2.24, 2.45) is 0 Å². The highest BCUT2D eigenvalue weighted by molar-refractivity contribution is 6.06. The summed E-state index contributed by atoms with van der Waals surface area (Å²) in [4.78, 5) is 28.3. The van der Waals surface area contributed by atoms with Gasteiger partial charge in [0.15, 0.2) is 0 Å². The number of anilines is 2. The van der Waals surface area contributed by atoms with Crippen molar-refractivity contribution in [1.82, 2.24) is 4.90 Å². The van der Waals surface area contributed by atoms with Gasteiger partial charge in [-0.1, -0.05) is 0 Å². The maximum absolute atomic E-state index is 12.2. The Labute approximate surface area is 117 Å². The molecule has 104 valence electrons. The normalized spacial score (nSPS) is 23.8. The quantitative estimate of drug-likeness (QED) is 0.841. The third-order valence-corrected chi connectivity index (χ3v) is 4.51. The highest BCUT2D eigenvalue weighted by atomic mass is 16.2. The summed E-state index contributed by atoms with van der Waals surface area (Å²) < 4.78 is 0. The lowest BCUT2D eigenvalue weighted by atomic mass is 10.0. The number of amides is 2. The van der Waals surface area contributed by atoms with Crippen LogP contribution in [0.5, 0.6) is 0 Å². The van der Waals surface area contributed by atoms with Crippen LogP contribution >= 0.6 is 0 Å². The SMILES string of the molecule is O=C1Nc2cc(C(=O)N3CCC3)ccc2N2CCCC12. The zero-order chi connectivity index (χ0) is 13.7. The molecule has 2 saturated heterocycles. The molecule has 0 spiro atoms. The third-order valence-electron chi connectivity index (χ3n) is 4.51. The number of hydrogen-bond acceptors (Lipinski definition) is 3. The molecule has 0 saturated carbocycles. The van der Waals surface area contributed by atoms with Gasteiger partial charge in [0.05, 0.1) is 11.4 Å². The van der Waals surface area contributed by atoms with Crippen LogP contribution in [0.25, 0.3) is 0 Å². The number of rotatable bonds is 1. The van der Waals surface area contributed by atoms with Gasteiger partial charge in [0.2, 0.25) is 5.91 Å². The molecule has 0 aliphatic carbocycles. The van der Waals surface area contributed by atoms with Crippen molar-refractivity contribution < 1.29 is 9.59 Å². The van der Waals surface area contributed by atoms with Crippen LogP contribution in [0.15, 0.2) is 18.2 Å². The maximum Gasteiger partial charge on any atom is 0.253 e. The van der Waals surface area contributed by atoms with Gasteiger partial charge in [0.25, 0.3) is 5.91 Å². The molecule has 3 aliphatic heterocycles. The predicted octanol–water partition coefficient (Wildman–Crippen LogP) is 1.45. The molecule has 20 heavy (non-hydrogen) atoms. The molecule has 5 nitrogen and oxygen atoms in total. The van der Waals surface area contributed by atoms with Crippen molar-refractivity contribution in [3.63, 3.8) is 0 Å². The van der Waals surface area contributed by atoms with Crippen molar-refractivity contribution in [2.45, 2.75) is 25.3 Å². The summed E-state index contributed by atoms with van der Waals surface area (Å²) >= 11 is 0. The van der Waals surface area contributed by atoms with E-state index in [4.69, 9.17) is 0 Å². The maximum atomic E-state index is 12.2. The number of nitrogens with one attached hydrogen (secondary N) is 1. The van der Waals surface area contributed by atoms with E-state index in [2.05, 4.69) is 10.2 Å². The lowest BCUT2D eigenvalue weighted by Crippen LogP contribution is -2.44. The molecule has 1 atom stereocenters. The second-order valence-corrected chi connectivity index (χ2v) is 5.72. The lowest BCUT2D eigenvalue weighted by molar-refractivity contribution is -0.117. The second kappa shape index (κ2) is 4.23. The van der Waals surface area contributed by atoms with Crippen molar-refractivity contribution in [1.29, 1.82) is 0 Å². The zero-order valence-corrected chi connectivity index (χ0v) is 11.3. The molecule has 1 unspecified atom stereocenters. The van der Waals surface area contributed by atoms with Crippen LogP contribution in [0.3, 0.4) is 0 Å². The Balaban J connectivity index is 1.69. The first-order valence-corrected chi connectivity index (χ1v) is 7.25. The molecular formula is C15H17N3O2. The summed E-state index contributed by atoms with van der Waals surface area (Å²) in [6.45, 7) is 2.61. The summed E-state index contributed by atoms with van der Waals surface area (Å²) in [6.07, 6.45) is 3.05. The number of fused-ring (bicyclic) bond motifs is 3. The molecule has 3 aliphatic rings. The monoisotopic (exact) mass is 271 g/mol. The van der Waals surface area contributed by atoms with E-state index in [9.17, 15) is 9.59 Å². The lowest BCUT2D eigenvalue weighted by Gasteiger charge is -2.34. The molecular weight excluding hydrogens is 254 g/mol. The van der Waals surface area contributed by atoms with E-state index in [1.165, 1.54) is 0 Å². The molecule has 0 aromatic heterocycles. The number of carbonyl (C=O) groups is 2. The van der Waals surface area contributed by atoms with Gasteiger partial charge in [-0.3, -0.25) is 9.59 Å². The van der Waals surface area contributed by atoms with Crippen LogP contribution in [-0.2, 0) is 4.79 Å². The fourth-order valence-electron chi connectivity index (χ4n) is 3.27. The topological polar surface area (TPSA) is 52.7 Å². The highest BCUT2D eigenvalue weighted by Crippen LogP contribution is 2.37. The van der Waals surface area contributed by atoms with Crippen LogP contribution < -0.4 is 10.2 Å². The molecule has 1 N–H and O–H groups in total. The highest BCUT2D eigenvalue weighted by Gasteiger charge is 2.36. The first kappa shape index (κ1) is 11.8. The Morgan fingerprint density at radius 1 is 1.20 bits per heavy atom. The van der Waals surface area contributed by atoms with Crippen molar-refractivity contribution >= 4 is 23.2 Å². The molecule has 2 fully saturated rings. The zero-order valence-electron chi connectivity index (χ0n) is 11.3. The van der Waals surface area contributed by atoms with Crippen LogP contribution in [0.1, 0.15) is 29.6 Å². The van der Waals surface area contributed by atoms with E-state index in [-0.39, 0.29) is 17.9 Å². The standard InChI is InChI=1S/C15H17N3O2/c19-14-13-3-1-8-18(13)12-5-4-10(9-11(12)16-14)15(20)17-6-2-7-17/h4-5,9,13H,1-3,6-8H2,(H,16,19). The van der Waals surface area contributed by atoms with Crippen LogP contribution in [0.2, 0.25) is 0 Å². The predicted molar refractivity (Wildman–Crippen MR) is 76.0 cm³/mol. The Morgan fingerprint density at radius 3 is 2.80 bits per heavy atom. The van der Waals surface area contributed by atoms with Gasteiger partial charge >= 0.3 is 0 Å². The third kappa shape index (κ3) is 1.62. The first-order valence-electron chi connectivity index (χ1n) is 7.25. The summed E-state index contributed by atoms with van der Waals surface area (Å²) in [5, 5.41) is 2.95. The first-order chi connectivity index (χ1) is 9.74. The van der Waals surface area contributed by atoms with Gasteiger partial charge in [0, 0.05) is 25.2 Å². The minimum Gasteiger partial charge on any atom is -0.358 e. The Hall–Kier alpha value is -2.04.